The van der Waals surface area contributed by atoms with Gasteiger partial charge in [0, 0.05) is 23.6 Å². The highest BCUT2D eigenvalue weighted by Crippen LogP contribution is 2.61. The lowest BCUT2D eigenvalue weighted by molar-refractivity contribution is -0.161. The molecule has 1 saturated carbocycles. The molecule has 0 aliphatic heterocycles. The third-order valence-corrected chi connectivity index (χ3v) is 7.16. The Hall–Kier alpha value is -0.610. The predicted molar refractivity (Wildman–Crippen MR) is 87.2 cm³/mol. The van der Waals surface area contributed by atoms with Gasteiger partial charge in [-0.1, -0.05) is 53.6 Å². The number of alkyl halides is 1. The normalized spacial score (nSPS) is 39.0. The summed E-state index contributed by atoms with van der Waals surface area (Å²) < 4.78 is 5.70. The van der Waals surface area contributed by atoms with Crippen molar-refractivity contribution in [3.63, 3.8) is 0 Å². The Bertz CT molecular complexity index is 494. The Labute approximate surface area is 135 Å². The van der Waals surface area contributed by atoms with E-state index in [4.69, 9.17) is 4.74 Å². The molecule has 1 N–H and O–H groups in total. The Balaban J connectivity index is 2.53. The van der Waals surface area contributed by atoms with Gasteiger partial charge < -0.3 is 9.84 Å². The fourth-order valence-electron chi connectivity index (χ4n) is 4.13. The molecule has 2 aliphatic rings. The first-order chi connectivity index (χ1) is 9.62. The lowest BCUT2D eigenvalue weighted by Gasteiger charge is -2.59. The van der Waals surface area contributed by atoms with Crippen molar-refractivity contribution in [3.05, 3.63) is 23.8 Å². The fourth-order valence-corrected chi connectivity index (χ4v) is 4.73. The molecule has 2 aliphatic carbocycles. The summed E-state index contributed by atoms with van der Waals surface area (Å²) in [4.78, 5) is 11.5. The van der Waals surface area contributed by atoms with E-state index < -0.39 is 6.10 Å². The van der Waals surface area contributed by atoms with Crippen LogP contribution in [0.5, 0.6) is 0 Å². The number of hydrogen-bond donors (Lipinski definition) is 1. The summed E-state index contributed by atoms with van der Waals surface area (Å²) >= 11 is 3.67. The molecule has 3 nitrogen and oxygen atoms in total. The summed E-state index contributed by atoms with van der Waals surface area (Å²) in [6.07, 6.45) is 3.64. The maximum absolute atomic E-state index is 11.6. The van der Waals surface area contributed by atoms with Crippen LogP contribution in [-0.4, -0.2) is 28.1 Å². The summed E-state index contributed by atoms with van der Waals surface area (Å²) in [5, 5.41) is 10.3. The van der Waals surface area contributed by atoms with Crippen molar-refractivity contribution < 1.29 is 14.6 Å². The number of allylic oxidation sites excluding steroid dienone is 1. The van der Waals surface area contributed by atoms with Gasteiger partial charge >= 0.3 is 5.97 Å². The van der Waals surface area contributed by atoms with Gasteiger partial charge in [0.25, 0.3) is 0 Å². The van der Waals surface area contributed by atoms with Crippen molar-refractivity contribution in [1.82, 2.24) is 0 Å². The zero-order valence-corrected chi connectivity index (χ0v) is 14.9. The van der Waals surface area contributed by atoms with Crippen LogP contribution in [0.25, 0.3) is 0 Å². The largest absolute Gasteiger partial charge is 0.461 e. The molecule has 0 aromatic heterocycles. The molecule has 0 saturated heterocycles. The quantitative estimate of drug-likeness (QED) is 0.442. The van der Waals surface area contributed by atoms with Crippen LogP contribution < -0.4 is 0 Å². The molecule has 0 aromatic carbocycles. The van der Waals surface area contributed by atoms with Crippen molar-refractivity contribution in [2.75, 3.05) is 0 Å². The topological polar surface area (TPSA) is 46.5 Å². The van der Waals surface area contributed by atoms with Gasteiger partial charge in [0.1, 0.15) is 6.10 Å². The number of esters is 1. The highest BCUT2D eigenvalue weighted by atomic mass is 79.9. The Kier molecular flexibility index (Phi) is 4.42. The van der Waals surface area contributed by atoms with E-state index in [9.17, 15) is 9.90 Å². The van der Waals surface area contributed by atoms with Crippen molar-refractivity contribution in [3.8, 4) is 0 Å². The Morgan fingerprint density at radius 1 is 1.48 bits per heavy atom. The molecule has 1 spiro atoms. The summed E-state index contributed by atoms with van der Waals surface area (Å²) in [7, 11) is 0. The van der Waals surface area contributed by atoms with Crippen LogP contribution in [0.15, 0.2) is 23.8 Å². The number of hydrogen-bond acceptors (Lipinski definition) is 3. The van der Waals surface area contributed by atoms with Crippen LogP contribution in [0, 0.1) is 10.8 Å². The van der Waals surface area contributed by atoms with E-state index in [-0.39, 0.29) is 27.7 Å². The molecule has 0 radical (unpaired) electrons. The van der Waals surface area contributed by atoms with Gasteiger partial charge in [-0.25, -0.2) is 0 Å². The molecule has 0 heterocycles. The zero-order valence-electron chi connectivity index (χ0n) is 13.3. The third-order valence-electron chi connectivity index (χ3n) is 5.40. The van der Waals surface area contributed by atoms with Gasteiger partial charge in [-0.05, 0) is 25.2 Å². The zero-order chi connectivity index (χ0) is 16.0. The smallest absolute Gasteiger partial charge is 0.302 e. The second-order valence-electron chi connectivity index (χ2n) is 7.03. The molecule has 0 amide bonds. The standard InChI is InChI=1S/C17H25BrO3/c1-10-6-7-17(14(8-10)21-12(3)19)11(2)9-13(20)15(18)16(17,4)5/h6,13-15,20H,2,7-9H2,1,3-5H3/t13-,14+,15-,17+/m0/s1. The molecular formula is C17H25BrO3. The molecular weight excluding hydrogens is 332 g/mol. The monoisotopic (exact) mass is 356 g/mol. The summed E-state index contributed by atoms with van der Waals surface area (Å²) in [6.45, 7) is 12.0. The lowest BCUT2D eigenvalue weighted by atomic mass is 9.49. The molecule has 1 fully saturated rings. The number of rotatable bonds is 1. The number of aliphatic hydroxyl groups is 1. The van der Waals surface area contributed by atoms with Crippen LogP contribution in [0.3, 0.4) is 0 Å². The highest BCUT2D eigenvalue weighted by molar-refractivity contribution is 9.09. The van der Waals surface area contributed by atoms with Gasteiger partial charge in [-0.3, -0.25) is 4.79 Å². The van der Waals surface area contributed by atoms with Gasteiger partial charge in [0.05, 0.1) is 6.10 Å². The van der Waals surface area contributed by atoms with Crippen LogP contribution >= 0.6 is 15.9 Å². The first kappa shape index (κ1) is 16.8. The predicted octanol–water partition coefficient (Wildman–Crippen LogP) is 3.76. The molecule has 0 unspecified atom stereocenters. The van der Waals surface area contributed by atoms with E-state index in [1.807, 2.05) is 0 Å². The molecule has 2 rings (SSSR count). The van der Waals surface area contributed by atoms with Crippen molar-refractivity contribution in [2.45, 2.75) is 64.0 Å². The molecule has 4 heteroatoms. The number of aliphatic hydroxyl groups excluding tert-OH is 1. The first-order valence-corrected chi connectivity index (χ1v) is 8.37. The second-order valence-corrected chi connectivity index (χ2v) is 8.01. The van der Waals surface area contributed by atoms with E-state index in [2.05, 4.69) is 49.4 Å². The summed E-state index contributed by atoms with van der Waals surface area (Å²) in [6, 6.07) is 0. The molecule has 4 atom stereocenters. The maximum Gasteiger partial charge on any atom is 0.302 e. The van der Waals surface area contributed by atoms with Crippen LogP contribution in [0.2, 0.25) is 0 Å². The van der Waals surface area contributed by atoms with Gasteiger partial charge in [-0.15, -0.1) is 0 Å². The summed E-state index contributed by atoms with van der Waals surface area (Å²) in [5.74, 6) is -0.255. The van der Waals surface area contributed by atoms with Gasteiger partial charge in [0.15, 0.2) is 0 Å². The second kappa shape index (κ2) is 5.54. The minimum Gasteiger partial charge on any atom is -0.461 e. The van der Waals surface area contributed by atoms with Crippen LogP contribution in [0.1, 0.15) is 47.0 Å². The maximum atomic E-state index is 11.6. The summed E-state index contributed by atoms with van der Waals surface area (Å²) in [5.41, 5.74) is 1.64. The van der Waals surface area contributed by atoms with Gasteiger partial charge in [0.2, 0.25) is 0 Å². The molecule has 0 aromatic rings. The van der Waals surface area contributed by atoms with E-state index in [0.29, 0.717) is 6.42 Å². The Morgan fingerprint density at radius 3 is 2.67 bits per heavy atom. The molecule has 21 heavy (non-hydrogen) atoms. The number of ether oxygens (including phenoxy) is 1. The van der Waals surface area contributed by atoms with Crippen LogP contribution in [0.4, 0.5) is 0 Å². The van der Waals surface area contributed by atoms with Crippen molar-refractivity contribution >= 4 is 21.9 Å². The minimum atomic E-state index is -0.455. The SMILES string of the molecule is C=C1C[C@H](O)[C@H](Br)C(C)(C)[C@]12CC=C(C)C[C@H]2OC(C)=O. The number of halogens is 1. The van der Waals surface area contributed by atoms with E-state index in [1.165, 1.54) is 12.5 Å². The average molecular weight is 357 g/mol. The molecule has 0 bridgehead atoms. The van der Waals surface area contributed by atoms with E-state index in [0.717, 1.165) is 18.4 Å². The van der Waals surface area contributed by atoms with Gasteiger partial charge in [-0.2, -0.15) is 0 Å². The highest BCUT2D eigenvalue weighted by Gasteiger charge is 2.60. The lowest BCUT2D eigenvalue weighted by Crippen LogP contribution is -2.60. The number of carbonyl (C=O) groups excluding carboxylic acids is 1. The molecule has 118 valence electrons. The Morgan fingerprint density at radius 2 is 2.10 bits per heavy atom. The average Bonchev–Trinajstić information content (AvgIpc) is 2.35. The first-order valence-electron chi connectivity index (χ1n) is 7.46. The van der Waals surface area contributed by atoms with Crippen LogP contribution in [-0.2, 0) is 9.53 Å². The van der Waals surface area contributed by atoms with Crippen molar-refractivity contribution in [2.24, 2.45) is 10.8 Å². The van der Waals surface area contributed by atoms with E-state index in [1.54, 1.807) is 0 Å². The minimum absolute atomic E-state index is 0.0552. The number of carbonyl (C=O) groups is 1. The van der Waals surface area contributed by atoms with E-state index >= 15 is 0 Å². The third kappa shape index (κ3) is 2.50. The fraction of sp³-hybridized carbons (Fsp3) is 0.706. The van der Waals surface area contributed by atoms with Crippen molar-refractivity contribution in [1.29, 1.82) is 0 Å².